The second-order valence-electron chi connectivity index (χ2n) is 8.69. The average Bonchev–Trinajstić information content (AvgIpc) is 3.12. The molecular formula is C24H32N5OP. The molecule has 31 heavy (non-hydrogen) atoms. The SMILES string of the molecule is Cc1cc(/C(=C/C=O)PC2C=CC(N3CCN(C)[C@@H](C)C3)=CN2C)cc2cn(C)nc12. The molecule has 3 heterocycles. The second kappa shape index (κ2) is 8.97. The summed E-state index contributed by atoms with van der Waals surface area (Å²) in [6.07, 6.45) is 11.5. The zero-order chi connectivity index (χ0) is 22.1. The normalized spacial score (nSPS) is 23.3. The molecule has 0 spiro atoms. The van der Waals surface area contributed by atoms with E-state index in [0.29, 0.717) is 14.6 Å². The van der Waals surface area contributed by atoms with E-state index in [4.69, 9.17) is 0 Å². The van der Waals surface area contributed by atoms with Crippen LogP contribution in [0.5, 0.6) is 0 Å². The number of aromatic nitrogens is 2. The Balaban J connectivity index is 1.52. The number of piperazine rings is 1. The fourth-order valence-corrected chi connectivity index (χ4v) is 5.58. The van der Waals surface area contributed by atoms with Gasteiger partial charge in [0.05, 0.1) is 17.0 Å². The first-order valence-corrected chi connectivity index (χ1v) is 11.9. The fraction of sp³-hybridized carbons (Fsp3) is 0.417. The van der Waals surface area contributed by atoms with Gasteiger partial charge in [-0.2, -0.15) is 5.10 Å². The number of benzene rings is 1. The predicted molar refractivity (Wildman–Crippen MR) is 130 cm³/mol. The second-order valence-corrected chi connectivity index (χ2v) is 10.1. The molecule has 0 bridgehead atoms. The molecule has 2 aliphatic rings. The van der Waals surface area contributed by atoms with E-state index < -0.39 is 0 Å². The molecule has 2 aliphatic heterocycles. The molecule has 4 rings (SSSR count). The maximum Gasteiger partial charge on any atom is 0.143 e. The Bertz CT molecular complexity index is 1070. The van der Waals surface area contributed by atoms with Gasteiger partial charge in [0.15, 0.2) is 0 Å². The van der Waals surface area contributed by atoms with Crippen LogP contribution in [0.15, 0.2) is 48.5 Å². The minimum atomic E-state index is 0.240. The summed E-state index contributed by atoms with van der Waals surface area (Å²) in [6, 6.07) is 4.86. The number of aryl methyl sites for hydroxylation is 2. The number of hydrogen-bond donors (Lipinski definition) is 0. The lowest BCUT2D eigenvalue weighted by Gasteiger charge is -2.41. The Labute approximate surface area is 186 Å². The van der Waals surface area contributed by atoms with Gasteiger partial charge in [-0.3, -0.25) is 9.48 Å². The Hall–Kier alpha value is -2.43. The third-order valence-electron chi connectivity index (χ3n) is 6.31. The molecule has 0 amide bonds. The van der Waals surface area contributed by atoms with Crippen molar-refractivity contribution in [1.29, 1.82) is 0 Å². The molecule has 1 aromatic carbocycles. The van der Waals surface area contributed by atoms with E-state index in [1.54, 1.807) is 6.08 Å². The van der Waals surface area contributed by atoms with Crippen LogP contribution in [0.25, 0.3) is 16.2 Å². The summed E-state index contributed by atoms with van der Waals surface area (Å²) < 4.78 is 1.84. The van der Waals surface area contributed by atoms with Gasteiger partial charge in [-0.1, -0.05) is 14.7 Å². The summed E-state index contributed by atoms with van der Waals surface area (Å²) in [7, 11) is 6.74. The van der Waals surface area contributed by atoms with Gasteiger partial charge >= 0.3 is 0 Å². The van der Waals surface area contributed by atoms with Crippen molar-refractivity contribution in [2.24, 2.45) is 7.05 Å². The first-order chi connectivity index (χ1) is 14.9. The van der Waals surface area contributed by atoms with Crippen LogP contribution in [0.3, 0.4) is 0 Å². The highest BCUT2D eigenvalue weighted by Crippen LogP contribution is 2.41. The Kier molecular flexibility index (Phi) is 6.31. The van der Waals surface area contributed by atoms with Crippen LogP contribution in [-0.4, -0.2) is 76.3 Å². The third kappa shape index (κ3) is 4.60. The number of rotatable bonds is 5. The van der Waals surface area contributed by atoms with E-state index in [0.717, 1.165) is 53.3 Å². The first kappa shape index (κ1) is 21.8. The van der Waals surface area contributed by atoms with Crippen LogP contribution < -0.4 is 0 Å². The van der Waals surface area contributed by atoms with Crippen molar-refractivity contribution in [3.63, 3.8) is 0 Å². The number of likely N-dealkylation sites (N-methyl/N-ethyl adjacent to an activating group) is 2. The first-order valence-electron chi connectivity index (χ1n) is 10.8. The number of fused-ring (bicyclic) bond motifs is 1. The molecular weight excluding hydrogens is 405 g/mol. The van der Waals surface area contributed by atoms with Crippen LogP contribution in [0.4, 0.5) is 0 Å². The van der Waals surface area contributed by atoms with Crippen LogP contribution in [-0.2, 0) is 11.8 Å². The number of allylic oxidation sites excluding steroid dienone is 2. The zero-order valence-electron chi connectivity index (χ0n) is 19.0. The molecule has 1 fully saturated rings. The van der Waals surface area contributed by atoms with Crippen molar-refractivity contribution >= 4 is 31.1 Å². The lowest BCUT2D eigenvalue weighted by atomic mass is 10.1. The molecule has 0 aliphatic carbocycles. The Morgan fingerprint density at radius 3 is 2.74 bits per heavy atom. The predicted octanol–water partition coefficient (Wildman–Crippen LogP) is 3.41. The highest BCUT2D eigenvalue weighted by Gasteiger charge is 2.24. The molecule has 1 saturated heterocycles. The van der Waals surface area contributed by atoms with Crippen LogP contribution in [0.1, 0.15) is 18.1 Å². The molecule has 2 aromatic rings. The van der Waals surface area contributed by atoms with Crippen LogP contribution in [0, 0.1) is 6.92 Å². The highest BCUT2D eigenvalue weighted by molar-refractivity contribution is 7.51. The Morgan fingerprint density at radius 2 is 2.03 bits per heavy atom. The van der Waals surface area contributed by atoms with Crippen molar-refractivity contribution in [1.82, 2.24) is 24.5 Å². The van der Waals surface area contributed by atoms with E-state index >= 15 is 0 Å². The summed E-state index contributed by atoms with van der Waals surface area (Å²) in [5, 5.41) is 6.73. The zero-order valence-corrected chi connectivity index (χ0v) is 20.0. The average molecular weight is 438 g/mol. The summed E-state index contributed by atoms with van der Waals surface area (Å²) >= 11 is 0. The largest absolute Gasteiger partial charge is 0.368 e. The van der Waals surface area contributed by atoms with E-state index in [2.05, 4.69) is 78.2 Å². The summed E-state index contributed by atoms with van der Waals surface area (Å²) in [5.41, 5.74) is 4.53. The Morgan fingerprint density at radius 1 is 1.23 bits per heavy atom. The van der Waals surface area contributed by atoms with Gasteiger partial charge < -0.3 is 14.7 Å². The molecule has 2 unspecified atom stereocenters. The van der Waals surface area contributed by atoms with E-state index in [-0.39, 0.29) is 5.78 Å². The molecule has 6 nitrogen and oxygen atoms in total. The van der Waals surface area contributed by atoms with Gasteiger partial charge in [-0.15, -0.1) is 0 Å². The van der Waals surface area contributed by atoms with Crippen molar-refractivity contribution < 1.29 is 4.79 Å². The molecule has 0 N–H and O–H groups in total. The van der Waals surface area contributed by atoms with E-state index in [1.165, 1.54) is 5.70 Å². The number of carbonyl (C=O) groups excluding carboxylic acids is 1. The monoisotopic (exact) mass is 437 g/mol. The van der Waals surface area contributed by atoms with Crippen molar-refractivity contribution in [2.45, 2.75) is 25.7 Å². The molecule has 3 atom stereocenters. The quantitative estimate of drug-likeness (QED) is 0.408. The number of aldehydes is 1. The fourth-order valence-electron chi connectivity index (χ4n) is 4.32. The lowest BCUT2D eigenvalue weighted by Crippen LogP contribution is -2.49. The van der Waals surface area contributed by atoms with Crippen LogP contribution >= 0.6 is 8.58 Å². The highest BCUT2D eigenvalue weighted by atomic mass is 31.1. The molecule has 164 valence electrons. The summed E-state index contributed by atoms with van der Waals surface area (Å²) in [5.74, 6) is 0.240. The maximum atomic E-state index is 11.4. The van der Waals surface area contributed by atoms with Gasteiger partial charge in [0.2, 0.25) is 0 Å². The smallest absolute Gasteiger partial charge is 0.143 e. The van der Waals surface area contributed by atoms with Crippen LogP contribution in [0.2, 0.25) is 0 Å². The summed E-state index contributed by atoms with van der Waals surface area (Å²) in [6.45, 7) is 7.56. The lowest BCUT2D eigenvalue weighted by molar-refractivity contribution is -0.104. The van der Waals surface area contributed by atoms with E-state index in [1.807, 2.05) is 17.9 Å². The molecule has 0 radical (unpaired) electrons. The van der Waals surface area contributed by atoms with Crippen molar-refractivity contribution in [3.8, 4) is 0 Å². The number of hydrogen-bond acceptors (Lipinski definition) is 5. The standard InChI is InChI=1S/C24H32N5OP/c1-17-12-19(13-20-15-28(5)25-24(17)20)22(8-11-30)31-23-7-6-21(16-27(23)4)29-10-9-26(3)18(2)14-29/h6-8,11-13,15-16,18,23,31H,9-10,14H2,1-5H3/b22-8-/t18-,23?/m0/s1. The van der Waals surface area contributed by atoms with Gasteiger partial charge in [0.1, 0.15) is 6.29 Å². The van der Waals surface area contributed by atoms with Gasteiger partial charge in [-0.25, -0.2) is 0 Å². The third-order valence-corrected chi connectivity index (χ3v) is 7.97. The maximum absolute atomic E-state index is 11.4. The minimum Gasteiger partial charge on any atom is -0.368 e. The van der Waals surface area contributed by atoms with Gasteiger partial charge in [0, 0.05) is 57.6 Å². The number of carbonyl (C=O) groups is 1. The topological polar surface area (TPSA) is 44.6 Å². The van der Waals surface area contributed by atoms with Crippen molar-refractivity contribution in [3.05, 3.63) is 59.6 Å². The van der Waals surface area contributed by atoms with Gasteiger partial charge in [-0.05, 0) is 61.6 Å². The van der Waals surface area contributed by atoms with E-state index in [9.17, 15) is 4.79 Å². The molecule has 7 heteroatoms. The molecule has 0 saturated carbocycles. The molecule has 1 aromatic heterocycles. The summed E-state index contributed by atoms with van der Waals surface area (Å²) in [4.78, 5) is 18.6. The van der Waals surface area contributed by atoms with Crippen molar-refractivity contribution in [2.75, 3.05) is 33.7 Å². The number of nitrogens with zero attached hydrogens (tertiary/aromatic N) is 5. The van der Waals surface area contributed by atoms with Gasteiger partial charge in [0.25, 0.3) is 0 Å². The minimum absolute atomic E-state index is 0.240.